The molecule has 1 atom stereocenters. The highest BCUT2D eigenvalue weighted by Gasteiger charge is 2.39. The van der Waals surface area contributed by atoms with Crippen molar-refractivity contribution < 1.29 is 9.90 Å². The van der Waals surface area contributed by atoms with Crippen molar-refractivity contribution in [1.82, 2.24) is 4.90 Å². The van der Waals surface area contributed by atoms with Crippen LogP contribution in [0.1, 0.15) is 78.6 Å². The lowest BCUT2D eigenvalue weighted by Crippen LogP contribution is -2.50. The van der Waals surface area contributed by atoms with Crippen LogP contribution >= 0.6 is 0 Å². The minimum absolute atomic E-state index is 0.0403. The van der Waals surface area contributed by atoms with E-state index in [4.69, 9.17) is 0 Å². The van der Waals surface area contributed by atoms with Crippen LogP contribution < -0.4 is 0 Å². The van der Waals surface area contributed by atoms with Crippen molar-refractivity contribution in [3.8, 4) is 0 Å². The zero-order valence-corrected chi connectivity index (χ0v) is 13.7. The largest absolute Gasteiger partial charge is 0.380 e. The average Bonchev–Trinajstić information content (AvgIpc) is 2.47. The van der Waals surface area contributed by atoms with Crippen molar-refractivity contribution in [2.45, 2.75) is 84.2 Å². The van der Waals surface area contributed by atoms with E-state index in [2.05, 4.69) is 6.92 Å². The van der Waals surface area contributed by atoms with Crippen molar-refractivity contribution in [2.75, 3.05) is 13.1 Å². The highest BCUT2D eigenvalue weighted by atomic mass is 16.3. The van der Waals surface area contributed by atoms with Gasteiger partial charge in [0.2, 0.25) is 0 Å². The second-order valence-corrected chi connectivity index (χ2v) is 6.32. The van der Waals surface area contributed by atoms with Gasteiger partial charge in [0.05, 0.1) is 0 Å². The Hall–Kier alpha value is -0.570. The van der Waals surface area contributed by atoms with E-state index in [1.54, 1.807) is 4.90 Å². The van der Waals surface area contributed by atoms with Crippen molar-refractivity contribution in [3.05, 3.63) is 0 Å². The molecule has 3 heteroatoms. The molecule has 0 saturated heterocycles. The Kier molecular flexibility index (Phi) is 7.57. The van der Waals surface area contributed by atoms with Gasteiger partial charge in [-0.15, -0.1) is 0 Å². The summed E-state index contributed by atoms with van der Waals surface area (Å²) >= 11 is 0. The smallest absolute Gasteiger partial charge is 0.254 e. The van der Waals surface area contributed by atoms with E-state index < -0.39 is 5.60 Å². The molecule has 20 heavy (non-hydrogen) atoms. The van der Waals surface area contributed by atoms with Gasteiger partial charge < -0.3 is 10.0 Å². The highest BCUT2D eigenvalue weighted by Crippen LogP contribution is 2.34. The molecular weight excluding hydrogens is 250 g/mol. The Morgan fingerprint density at radius 2 is 1.75 bits per heavy atom. The first kappa shape index (κ1) is 17.5. The van der Waals surface area contributed by atoms with E-state index in [9.17, 15) is 9.90 Å². The molecule has 118 valence electrons. The molecule has 0 aromatic rings. The van der Waals surface area contributed by atoms with Crippen LogP contribution in [-0.4, -0.2) is 34.6 Å². The van der Waals surface area contributed by atoms with Crippen molar-refractivity contribution in [3.63, 3.8) is 0 Å². The molecule has 1 saturated carbocycles. The number of likely N-dealkylation sites (N-methyl/N-ethyl adjacent to an activating group) is 1. The summed E-state index contributed by atoms with van der Waals surface area (Å²) in [6.45, 7) is 7.47. The van der Waals surface area contributed by atoms with Crippen LogP contribution in [0.5, 0.6) is 0 Å². The Balaban J connectivity index is 2.74. The van der Waals surface area contributed by atoms with Gasteiger partial charge in [-0.25, -0.2) is 0 Å². The van der Waals surface area contributed by atoms with Crippen LogP contribution in [0.3, 0.4) is 0 Å². The van der Waals surface area contributed by atoms with Gasteiger partial charge in [-0.1, -0.05) is 51.9 Å². The van der Waals surface area contributed by atoms with Gasteiger partial charge in [-0.05, 0) is 32.6 Å². The average molecular weight is 283 g/mol. The number of carbonyl (C=O) groups excluding carboxylic acids is 1. The Morgan fingerprint density at radius 3 is 2.25 bits per heavy atom. The van der Waals surface area contributed by atoms with Gasteiger partial charge in [0.15, 0.2) is 0 Å². The van der Waals surface area contributed by atoms with Gasteiger partial charge in [0, 0.05) is 13.1 Å². The highest BCUT2D eigenvalue weighted by molar-refractivity contribution is 5.85. The maximum atomic E-state index is 12.7. The number of unbranched alkanes of at least 4 members (excludes halogenated alkanes) is 1. The monoisotopic (exact) mass is 283 g/mol. The van der Waals surface area contributed by atoms with E-state index >= 15 is 0 Å². The summed E-state index contributed by atoms with van der Waals surface area (Å²) < 4.78 is 0. The molecule has 0 aromatic carbocycles. The van der Waals surface area contributed by atoms with Gasteiger partial charge in [0.1, 0.15) is 5.60 Å². The van der Waals surface area contributed by atoms with Gasteiger partial charge in [0.25, 0.3) is 5.91 Å². The molecule has 1 N–H and O–H groups in total. The second-order valence-electron chi connectivity index (χ2n) is 6.32. The predicted octanol–water partition coefficient (Wildman–Crippen LogP) is 3.75. The van der Waals surface area contributed by atoms with Gasteiger partial charge in [-0.2, -0.15) is 0 Å². The van der Waals surface area contributed by atoms with Crippen molar-refractivity contribution in [1.29, 1.82) is 0 Å². The van der Waals surface area contributed by atoms with Crippen LogP contribution in [0.2, 0.25) is 0 Å². The number of rotatable bonds is 8. The molecular formula is C17H33NO2. The van der Waals surface area contributed by atoms with E-state index in [0.717, 1.165) is 12.8 Å². The predicted molar refractivity (Wildman–Crippen MR) is 83.6 cm³/mol. The van der Waals surface area contributed by atoms with Crippen LogP contribution in [0.4, 0.5) is 0 Å². The molecule has 0 aromatic heterocycles. The molecule has 0 heterocycles. The molecule has 1 aliphatic rings. The quantitative estimate of drug-likeness (QED) is 0.737. The fourth-order valence-electron chi connectivity index (χ4n) is 3.44. The molecule has 0 radical (unpaired) electrons. The number of amides is 1. The van der Waals surface area contributed by atoms with Crippen LogP contribution in [0, 0.1) is 5.92 Å². The van der Waals surface area contributed by atoms with Crippen molar-refractivity contribution in [2.24, 2.45) is 5.92 Å². The third-order valence-corrected chi connectivity index (χ3v) is 4.74. The summed E-state index contributed by atoms with van der Waals surface area (Å²) in [6.07, 6.45) is 9.43. The maximum absolute atomic E-state index is 12.7. The molecule has 1 rings (SSSR count). The molecule has 1 fully saturated rings. The summed E-state index contributed by atoms with van der Waals surface area (Å²) in [7, 11) is 0. The van der Waals surface area contributed by atoms with E-state index in [1.165, 1.54) is 32.1 Å². The molecule has 1 unspecified atom stereocenters. The first-order valence-electron chi connectivity index (χ1n) is 8.59. The molecule has 0 aliphatic heterocycles. The van der Waals surface area contributed by atoms with Crippen LogP contribution in [0.15, 0.2) is 0 Å². The van der Waals surface area contributed by atoms with Crippen molar-refractivity contribution >= 4 is 5.91 Å². The molecule has 1 aliphatic carbocycles. The fourth-order valence-corrected chi connectivity index (χ4v) is 3.44. The lowest BCUT2D eigenvalue weighted by Gasteiger charge is -2.36. The SMILES string of the molecule is CCCCC(O)(CC1CCCCC1)C(=O)N(CC)CC. The lowest BCUT2D eigenvalue weighted by atomic mass is 9.78. The Labute approximate surface area is 124 Å². The maximum Gasteiger partial charge on any atom is 0.254 e. The first-order chi connectivity index (χ1) is 9.57. The Morgan fingerprint density at radius 1 is 1.15 bits per heavy atom. The fraction of sp³-hybridized carbons (Fsp3) is 0.941. The number of hydrogen-bond acceptors (Lipinski definition) is 2. The minimum atomic E-state index is -1.12. The van der Waals surface area contributed by atoms with Gasteiger partial charge in [-0.3, -0.25) is 4.79 Å². The molecule has 0 bridgehead atoms. The number of hydrogen-bond donors (Lipinski definition) is 1. The normalized spacial score (nSPS) is 19.6. The Bertz CT molecular complexity index is 283. The van der Waals surface area contributed by atoms with Crippen LogP contribution in [-0.2, 0) is 4.79 Å². The van der Waals surface area contributed by atoms with E-state index in [1.807, 2.05) is 13.8 Å². The summed E-state index contributed by atoms with van der Waals surface area (Å²) in [5.41, 5.74) is -1.12. The van der Waals surface area contributed by atoms with Gasteiger partial charge >= 0.3 is 0 Å². The summed E-state index contributed by atoms with van der Waals surface area (Å²) in [5, 5.41) is 11.0. The summed E-state index contributed by atoms with van der Waals surface area (Å²) in [4.78, 5) is 14.5. The third-order valence-electron chi connectivity index (χ3n) is 4.74. The zero-order chi connectivity index (χ0) is 15.0. The number of carbonyl (C=O) groups is 1. The van der Waals surface area contributed by atoms with Crippen LogP contribution in [0.25, 0.3) is 0 Å². The second kappa shape index (κ2) is 8.66. The summed E-state index contributed by atoms with van der Waals surface area (Å²) in [5.74, 6) is 0.492. The summed E-state index contributed by atoms with van der Waals surface area (Å²) in [6, 6.07) is 0. The zero-order valence-electron chi connectivity index (χ0n) is 13.7. The third kappa shape index (κ3) is 4.76. The standard InChI is InChI=1S/C17H33NO2/c1-4-7-13-17(20,16(19)18(5-2)6-3)14-15-11-9-8-10-12-15/h15,20H,4-14H2,1-3H3. The minimum Gasteiger partial charge on any atom is -0.380 e. The number of aliphatic hydroxyl groups is 1. The number of nitrogens with zero attached hydrogens (tertiary/aromatic N) is 1. The topological polar surface area (TPSA) is 40.5 Å². The molecule has 0 spiro atoms. The lowest BCUT2D eigenvalue weighted by molar-refractivity contribution is -0.154. The first-order valence-corrected chi connectivity index (χ1v) is 8.59. The molecule has 3 nitrogen and oxygen atoms in total. The van der Waals surface area contributed by atoms with E-state index in [0.29, 0.717) is 31.8 Å². The van der Waals surface area contributed by atoms with E-state index in [-0.39, 0.29) is 5.91 Å². The molecule has 1 amide bonds.